The van der Waals surface area contributed by atoms with Crippen LogP contribution in [0.25, 0.3) is 10.9 Å². The zero-order chi connectivity index (χ0) is 17.8. The number of hydrogen-bond donors (Lipinski definition) is 2. The summed E-state index contributed by atoms with van der Waals surface area (Å²) in [4.78, 5) is 25.6. The summed E-state index contributed by atoms with van der Waals surface area (Å²) in [5.41, 5.74) is 1.74. The molecule has 1 aromatic heterocycles. The summed E-state index contributed by atoms with van der Waals surface area (Å²) in [6.07, 6.45) is 8.19. The number of carbonyl (C=O) groups is 1. The summed E-state index contributed by atoms with van der Waals surface area (Å²) in [5, 5.41) is 6.98. The lowest BCUT2D eigenvalue weighted by Crippen LogP contribution is -2.31. The SMILES string of the molecule is COc1c(NC2CC2)ccc2c(=O)c(C(=O)NC3CC3)cn(C3CC3)c12. The van der Waals surface area contributed by atoms with Gasteiger partial charge in [0.2, 0.25) is 5.43 Å². The highest BCUT2D eigenvalue weighted by molar-refractivity contribution is 6.00. The molecule has 0 atom stereocenters. The molecule has 0 unspecified atom stereocenters. The summed E-state index contributed by atoms with van der Waals surface area (Å²) in [5.74, 6) is 0.445. The van der Waals surface area contributed by atoms with Gasteiger partial charge in [0.25, 0.3) is 5.91 Å². The van der Waals surface area contributed by atoms with E-state index in [4.69, 9.17) is 4.74 Å². The van der Waals surface area contributed by atoms with Crippen molar-refractivity contribution in [3.05, 3.63) is 34.1 Å². The van der Waals surface area contributed by atoms with Gasteiger partial charge in [0, 0.05) is 24.3 Å². The highest BCUT2D eigenvalue weighted by Crippen LogP contribution is 2.42. The van der Waals surface area contributed by atoms with E-state index in [1.807, 2.05) is 12.1 Å². The van der Waals surface area contributed by atoms with Gasteiger partial charge < -0.3 is 19.9 Å². The zero-order valence-electron chi connectivity index (χ0n) is 14.9. The monoisotopic (exact) mass is 353 g/mol. The second kappa shape index (κ2) is 5.76. The topological polar surface area (TPSA) is 72.4 Å². The number of nitrogens with zero attached hydrogens (tertiary/aromatic N) is 1. The van der Waals surface area contributed by atoms with Crippen LogP contribution >= 0.6 is 0 Å². The second-order valence-electron chi connectivity index (χ2n) is 7.72. The predicted octanol–water partition coefficient (Wildman–Crippen LogP) is 2.81. The lowest BCUT2D eigenvalue weighted by Gasteiger charge is -2.18. The molecule has 2 N–H and O–H groups in total. The minimum absolute atomic E-state index is 0.216. The Morgan fingerprint density at radius 2 is 1.85 bits per heavy atom. The predicted molar refractivity (Wildman–Crippen MR) is 100 cm³/mol. The van der Waals surface area contributed by atoms with Crippen LogP contribution in [0.15, 0.2) is 23.1 Å². The molecular weight excluding hydrogens is 330 g/mol. The van der Waals surface area contributed by atoms with Crippen molar-refractivity contribution >= 4 is 22.5 Å². The van der Waals surface area contributed by atoms with Crippen LogP contribution in [0.2, 0.25) is 0 Å². The van der Waals surface area contributed by atoms with Gasteiger partial charge in [-0.1, -0.05) is 0 Å². The van der Waals surface area contributed by atoms with Gasteiger partial charge >= 0.3 is 0 Å². The van der Waals surface area contributed by atoms with E-state index in [0.29, 0.717) is 23.2 Å². The maximum Gasteiger partial charge on any atom is 0.256 e. The molecule has 0 saturated heterocycles. The summed E-state index contributed by atoms with van der Waals surface area (Å²) in [7, 11) is 1.64. The molecule has 1 heterocycles. The summed E-state index contributed by atoms with van der Waals surface area (Å²) in [6, 6.07) is 4.78. The molecular formula is C20H23N3O3. The van der Waals surface area contributed by atoms with Crippen molar-refractivity contribution in [2.24, 2.45) is 0 Å². The first kappa shape index (κ1) is 15.7. The number of pyridine rings is 1. The van der Waals surface area contributed by atoms with Gasteiger partial charge in [-0.05, 0) is 50.7 Å². The van der Waals surface area contributed by atoms with Crippen molar-refractivity contribution in [2.75, 3.05) is 12.4 Å². The first-order valence-electron chi connectivity index (χ1n) is 9.49. The number of anilines is 1. The molecule has 6 heteroatoms. The maximum atomic E-state index is 13.0. The Hall–Kier alpha value is -2.50. The summed E-state index contributed by atoms with van der Waals surface area (Å²) >= 11 is 0. The molecule has 0 spiro atoms. The molecule has 0 radical (unpaired) electrons. The maximum absolute atomic E-state index is 13.0. The first-order valence-corrected chi connectivity index (χ1v) is 9.49. The number of amides is 1. The van der Waals surface area contributed by atoms with Crippen LogP contribution in [0.3, 0.4) is 0 Å². The van der Waals surface area contributed by atoms with Gasteiger partial charge in [-0.25, -0.2) is 0 Å². The average molecular weight is 353 g/mol. The number of nitrogens with one attached hydrogen (secondary N) is 2. The van der Waals surface area contributed by atoms with E-state index in [-0.39, 0.29) is 22.9 Å². The van der Waals surface area contributed by atoms with Crippen molar-refractivity contribution < 1.29 is 9.53 Å². The van der Waals surface area contributed by atoms with Crippen LogP contribution in [0.1, 0.15) is 54.9 Å². The van der Waals surface area contributed by atoms with E-state index in [9.17, 15) is 9.59 Å². The quantitative estimate of drug-likeness (QED) is 0.838. The smallest absolute Gasteiger partial charge is 0.256 e. The summed E-state index contributed by atoms with van der Waals surface area (Å²) in [6.45, 7) is 0. The fourth-order valence-corrected chi connectivity index (χ4v) is 3.48. The van der Waals surface area contributed by atoms with E-state index < -0.39 is 0 Å². The standard InChI is InChI=1S/C20H23N3O3/c1-26-19-16(21-11-2-3-11)9-8-14-17(19)23(13-6-7-13)10-15(18(14)24)20(25)22-12-4-5-12/h8-13,21H,2-7H2,1H3,(H,22,25). The third-order valence-corrected chi connectivity index (χ3v) is 5.39. The van der Waals surface area contributed by atoms with Crippen molar-refractivity contribution in [3.63, 3.8) is 0 Å². The number of aromatic nitrogens is 1. The fourth-order valence-electron chi connectivity index (χ4n) is 3.48. The molecule has 0 bridgehead atoms. The number of methoxy groups -OCH3 is 1. The Labute approximate surface area is 151 Å². The fraction of sp³-hybridized carbons (Fsp3) is 0.500. The van der Waals surface area contributed by atoms with Crippen LogP contribution in [0.4, 0.5) is 5.69 Å². The van der Waals surface area contributed by atoms with E-state index in [1.165, 1.54) is 0 Å². The molecule has 5 rings (SSSR count). The number of carbonyl (C=O) groups excluding carboxylic acids is 1. The van der Waals surface area contributed by atoms with Crippen molar-refractivity contribution in [2.45, 2.75) is 56.7 Å². The molecule has 26 heavy (non-hydrogen) atoms. The normalized spacial score (nSPS) is 19.4. The average Bonchev–Trinajstić information content (AvgIpc) is 3.44. The Bertz CT molecular complexity index is 953. The Kier molecular flexibility index (Phi) is 3.48. The molecule has 3 aliphatic carbocycles. The molecule has 2 aromatic rings. The first-order chi connectivity index (χ1) is 12.7. The third-order valence-electron chi connectivity index (χ3n) is 5.39. The minimum atomic E-state index is -0.257. The van der Waals surface area contributed by atoms with E-state index in [0.717, 1.165) is 49.7 Å². The number of rotatable bonds is 6. The molecule has 3 aliphatic rings. The highest BCUT2D eigenvalue weighted by atomic mass is 16.5. The molecule has 3 fully saturated rings. The molecule has 1 aromatic carbocycles. The number of benzene rings is 1. The van der Waals surface area contributed by atoms with Gasteiger partial charge in [-0.15, -0.1) is 0 Å². The lowest BCUT2D eigenvalue weighted by atomic mass is 10.1. The molecule has 6 nitrogen and oxygen atoms in total. The second-order valence-corrected chi connectivity index (χ2v) is 7.72. The molecule has 0 aliphatic heterocycles. The third kappa shape index (κ3) is 2.73. The van der Waals surface area contributed by atoms with Gasteiger partial charge in [0.05, 0.1) is 23.7 Å². The Balaban J connectivity index is 1.69. The largest absolute Gasteiger partial charge is 0.492 e. The van der Waals surface area contributed by atoms with Crippen LogP contribution in [-0.2, 0) is 0 Å². The number of ether oxygens (including phenoxy) is 1. The molecule has 3 saturated carbocycles. The molecule has 1 amide bonds. The van der Waals surface area contributed by atoms with Gasteiger partial charge in [0.1, 0.15) is 5.56 Å². The Morgan fingerprint density at radius 1 is 1.12 bits per heavy atom. The van der Waals surface area contributed by atoms with Gasteiger partial charge in [0.15, 0.2) is 5.75 Å². The summed E-state index contributed by atoms with van der Waals surface area (Å²) < 4.78 is 7.79. The Morgan fingerprint density at radius 3 is 2.46 bits per heavy atom. The lowest BCUT2D eigenvalue weighted by molar-refractivity contribution is 0.0949. The van der Waals surface area contributed by atoms with Crippen LogP contribution in [0, 0.1) is 0 Å². The number of fused-ring (bicyclic) bond motifs is 1. The van der Waals surface area contributed by atoms with Crippen molar-refractivity contribution in [1.82, 2.24) is 9.88 Å². The van der Waals surface area contributed by atoms with Crippen molar-refractivity contribution in [1.29, 1.82) is 0 Å². The van der Waals surface area contributed by atoms with E-state index in [2.05, 4.69) is 15.2 Å². The van der Waals surface area contributed by atoms with Gasteiger partial charge in [-0.2, -0.15) is 0 Å². The molecule has 136 valence electrons. The van der Waals surface area contributed by atoms with Crippen LogP contribution in [0.5, 0.6) is 5.75 Å². The van der Waals surface area contributed by atoms with E-state index in [1.54, 1.807) is 13.3 Å². The highest BCUT2D eigenvalue weighted by Gasteiger charge is 2.31. The van der Waals surface area contributed by atoms with Gasteiger partial charge in [-0.3, -0.25) is 9.59 Å². The van der Waals surface area contributed by atoms with Crippen LogP contribution in [-0.4, -0.2) is 29.7 Å². The minimum Gasteiger partial charge on any atom is -0.492 e. The van der Waals surface area contributed by atoms with E-state index >= 15 is 0 Å². The van der Waals surface area contributed by atoms with Crippen molar-refractivity contribution in [3.8, 4) is 5.75 Å². The zero-order valence-corrected chi connectivity index (χ0v) is 14.9. The number of hydrogen-bond acceptors (Lipinski definition) is 4. The van der Waals surface area contributed by atoms with Crippen LogP contribution < -0.4 is 20.8 Å².